The van der Waals surface area contributed by atoms with Crippen molar-refractivity contribution in [3.8, 4) is 0 Å². The Hall–Kier alpha value is -0.475. The lowest BCUT2D eigenvalue weighted by Crippen LogP contribution is -2.41. The van der Waals surface area contributed by atoms with Gasteiger partial charge in [-0.25, -0.2) is 0 Å². The number of rotatable bonds is 5. The van der Waals surface area contributed by atoms with Crippen molar-refractivity contribution < 1.29 is 14.0 Å². The molecule has 0 aliphatic carbocycles. The highest BCUT2D eigenvalue weighted by atomic mass is 16.7. The summed E-state index contributed by atoms with van der Waals surface area (Å²) in [6, 6.07) is 0. The Bertz CT molecular complexity index is 233. The molecular formula is C12H23BO3. The second kappa shape index (κ2) is 5.24. The van der Waals surface area contributed by atoms with Crippen LogP contribution in [0.15, 0.2) is 12.2 Å². The summed E-state index contributed by atoms with van der Waals surface area (Å²) in [5, 5.41) is 0. The van der Waals surface area contributed by atoms with Crippen LogP contribution in [0.3, 0.4) is 0 Å². The van der Waals surface area contributed by atoms with Crippen molar-refractivity contribution in [2.75, 3.05) is 6.61 Å². The first kappa shape index (κ1) is 13.6. The van der Waals surface area contributed by atoms with E-state index in [2.05, 4.69) is 6.92 Å². The molecule has 0 atom stereocenters. The highest BCUT2D eigenvalue weighted by Crippen LogP contribution is 2.36. The van der Waals surface area contributed by atoms with Crippen LogP contribution in [0.4, 0.5) is 0 Å². The fourth-order valence-corrected chi connectivity index (χ4v) is 1.38. The first-order valence-corrected chi connectivity index (χ1v) is 6.03. The van der Waals surface area contributed by atoms with Gasteiger partial charge in [0, 0.05) is 0 Å². The van der Waals surface area contributed by atoms with Gasteiger partial charge >= 0.3 is 7.12 Å². The van der Waals surface area contributed by atoms with Crippen LogP contribution in [-0.2, 0) is 14.0 Å². The minimum Gasteiger partial charge on any atom is -0.502 e. The van der Waals surface area contributed by atoms with Crippen LogP contribution >= 0.6 is 0 Å². The van der Waals surface area contributed by atoms with E-state index >= 15 is 0 Å². The van der Waals surface area contributed by atoms with Gasteiger partial charge in [-0.2, -0.15) is 0 Å². The van der Waals surface area contributed by atoms with E-state index in [1.54, 1.807) is 6.26 Å². The van der Waals surface area contributed by atoms with Gasteiger partial charge in [0.2, 0.25) is 0 Å². The Morgan fingerprint density at radius 1 is 1.12 bits per heavy atom. The lowest BCUT2D eigenvalue weighted by molar-refractivity contribution is 0.00578. The Kier molecular flexibility index (Phi) is 4.45. The molecule has 1 saturated heterocycles. The van der Waals surface area contributed by atoms with Crippen molar-refractivity contribution >= 4 is 7.12 Å². The fourth-order valence-electron chi connectivity index (χ4n) is 1.38. The van der Waals surface area contributed by atoms with Crippen molar-refractivity contribution in [2.45, 2.75) is 58.7 Å². The quantitative estimate of drug-likeness (QED) is 0.409. The van der Waals surface area contributed by atoms with Gasteiger partial charge in [-0.1, -0.05) is 13.3 Å². The summed E-state index contributed by atoms with van der Waals surface area (Å²) in [4.78, 5) is 0. The molecule has 0 aromatic heterocycles. The SMILES string of the molecule is CCCCO/C=C/B1OC(C)(C)C(C)(C)O1. The van der Waals surface area contributed by atoms with Crippen molar-refractivity contribution in [3.63, 3.8) is 0 Å². The van der Waals surface area contributed by atoms with Gasteiger partial charge in [0.05, 0.1) is 24.1 Å². The van der Waals surface area contributed by atoms with Gasteiger partial charge in [-0.15, -0.1) is 0 Å². The molecule has 1 heterocycles. The Labute approximate surface area is 99.3 Å². The average molecular weight is 226 g/mol. The first-order valence-electron chi connectivity index (χ1n) is 6.03. The third-order valence-corrected chi connectivity index (χ3v) is 3.22. The normalized spacial score (nSPS) is 22.9. The van der Waals surface area contributed by atoms with Gasteiger partial charge in [-0.05, 0) is 40.1 Å². The maximum absolute atomic E-state index is 5.78. The number of hydrogen-bond acceptors (Lipinski definition) is 3. The molecule has 0 aromatic rings. The highest BCUT2D eigenvalue weighted by molar-refractivity contribution is 6.51. The molecule has 1 fully saturated rings. The summed E-state index contributed by atoms with van der Waals surface area (Å²) in [6.07, 6.45) is 3.90. The van der Waals surface area contributed by atoms with Gasteiger partial charge in [0.25, 0.3) is 0 Å². The third kappa shape index (κ3) is 3.26. The highest BCUT2D eigenvalue weighted by Gasteiger charge is 2.50. The summed E-state index contributed by atoms with van der Waals surface area (Å²) in [7, 11) is -0.299. The summed E-state index contributed by atoms with van der Waals surface area (Å²) >= 11 is 0. The Morgan fingerprint density at radius 2 is 1.69 bits per heavy atom. The predicted molar refractivity (Wildman–Crippen MR) is 66.1 cm³/mol. The van der Waals surface area contributed by atoms with Gasteiger partial charge in [0.15, 0.2) is 0 Å². The van der Waals surface area contributed by atoms with E-state index < -0.39 is 0 Å². The Morgan fingerprint density at radius 3 is 2.19 bits per heavy atom. The van der Waals surface area contributed by atoms with Crippen LogP contribution in [0.25, 0.3) is 0 Å². The number of unbranched alkanes of at least 4 members (excludes halogenated alkanes) is 1. The molecule has 0 amide bonds. The molecule has 1 aliphatic heterocycles. The summed E-state index contributed by atoms with van der Waals surface area (Å²) < 4.78 is 16.9. The smallest absolute Gasteiger partial charge is 0.490 e. The van der Waals surface area contributed by atoms with Crippen LogP contribution in [0, 0.1) is 0 Å². The van der Waals surface area contributed by atoms with E-state index in [1.807, 2.05) is 33.7 Å². The van der Waals surface area contributed by atoms with Crippen molar-refractivity contribution in [1.82, 2.24) is 0 Å². The van der Waals surface area contributed by atoms with Crippen LogP contribution < -0.4 is 0 Å². The minimum atomic E-state index is -0.299. The fraction of sp³-hybridized carbons (Fsp3) is 0.833. The maximum atomic E-state index is 5.78. The zero-order valence-corrected chi connectivity index (χ0v) is 11.1. The second-order valence-electron chi connectivity index (χ2n) is 5.18. The van der Waals surface area contributed by atoms with E-state index in [1.165, 1.54) is 0 Å². The largest absolute Gasteiger partial charge is 0.502 e. The molecule has 0 unspecified atom stereocenters. The van der Waals surface area contributed by atoms with Crippen molar-refractivity contribution in [3.05, 3.63) is 12.2 Å². The lowest BCUT2D eigenvalue weighted by Gasteiger charge is -2.32. The maximum Gasteiger partial charge on any atom is 0.490 e. The molecule has 0 spiro atoms. The molecule has 0 radical (unpaired) electrons. The summed E-state index contributed by atoms with van der Waals surface area (Å²) in [6.45, 7) is 11.1. The van der Waals surface area contributed by atoms with Crippen molar-refractivity contribution in [2.24, 2.45) is 0 Å². The van der Waals surface area contributed by atoms with Crippen LogP contribution in [0.1, 0.15) is 47.5 Å². The standard InChI is InChI=1S/C12H23BO3/c1-6-7-9-14-10-8-13-15-11(2,3)12(4,5)16-13/h8,10H,6-7,9H2,1-5H3/b10-8+. The van der Waals surface area contributed by atoms with E-state index in [4.69, 9.17) is 14.0 Å². The molecule has 4 heteroatoms. The molecule has 0 saturated carbocycles. The topological polar surface area (TPSA) is 27.7 Å². The van der Waals surface area contributed by atoms with Gasteiger partial charge < -0.3 is 14.0 Å². The number of hydrogen-bond donors (Lipinski definition) is 0. The monoisotopic (exact) mass is 226 g/mol. The van der Waals surface area contributed by atoms with Crippen LogP contribution in [0.2, 0.25) is 0 Å². The van der Waals surface area contributed by atoms with Crippen LogP contribution in [-0.4, -0.2) is 24.9 Å². The predicted octanol–water partition coefficient (Wildman–Crippen LogP) is 2.95. The zero-order valence-electron chi connectivity index (χ0n) is 11.1. The molecule has 92 valence electrons. The molecule has 0 aromatic carbocycles. The molecule has 16 heavy (non-hydrogen) atoms. The van der Waals surface area contributed by atoms with Gasteiger partial charge in [0.1, 0.15) is 0 Å². The Balaban J connectivity index is 2.36. The molecule has 1 rings (SSSR count). The molecule has 3 nitrogen and oxygen atoms in total. The second-order valence-corrected chi connectivity index (χ2v) is 5.18. The van der Waals surface area contributed by atoms with Crippen LogP contribution in [0.5, 0.6) is 0 Å². The van der Waals surface area contributed by atoms with E-state index in [0.29, 0.717) is 0 Å². The third-order valence-electron chi connectivity index (χ3n) is 3.22. The zero-order chi connectivity index (χ0) is 12.2. The minimum absolute atomic E-state index is 0.272. The first-order chi connectivity index (χ1) is 7.39. The molecular weight excluding hydrogens is 203 g/mol. The average Bonchev–Trinajstić information content (AvgIpc) is 2.35. The summed E-state index contributed by atoms with van der Waals surface area (Å²) in [5.74, 6) is 1.83. The molecule has 0 N–H and O–H groups in total. The van der Waals surface area contributed by atoms with E-state index in [0.717, 1.165) is 19.4 Å². The van der Waals surface area contributed by atoms with E-state index in [9.17, 15) is 0 Å². The molecule has 0 bridgehead atoms. The van der Waals surface area contributed by atoms with Gasteiger partial charge in [-0.3, -0.25) is 0 Å². The molecule has 1 aliphatic rings. The number of ether oxygens (including phenoxy) is 1. The lowest BCUT2D eigenvalue weighted by atomic mass is 9.90. The van der Waals surface area contributed by atoms with Crippen molar-refractivity contribution in [1.29, 1.82) is 0 Å². The van der Waals surface area contributed by atoms with E-state index in [-0.39, 0.29) is 18.3 Å². The summed E-state index contributed by atoms with van der Waals surface area (Å²) in [5.41, 5.74) is -0.545.